The average Bonchev–Trinajstić information content (AvgIpc) is 3.06. The van der Waals surface area contributed by atoms with E-state index in [1.165, 1.54) is 64.6 Å². The van der Waals surface area contributed by atoms with Gasteiger partial charge in [0.15, 0.2) is 0 Å². The van der Waals surface area contributed by atoms with Crippen molar-refractivity contribution in [3.8, 4) is 0 Å². The van der Waals surface area contributed by atoms with Crippen molar-refractivity contribution in [2.24, 2.45) is 11.8 Å². The smallest absolute Gasteiger partial charge is 0.00682 e. The molecule has 0 saturated heterocycles. The summed E-state index contributed by atoms with van der Waals surface area (Å²) < 4.78 is 0. The summed E-state index contributed by atoms with van der Waals surface area (Å²) in [6, 6.07) is 0.892. The van der Waals surface area contributed by atoms with Crippen molar-refractivity contribution in [1.29, 1.82) is 0 Å². The predicted octanol–water partition coefficient (Wildman–Crippen LogP) is 2.54. The van der Waals surface area contributed by atoms with Crippen molar-refractivity contribution in [2.45, 2.75) is 57.9 Å². The molecule has 16 heavy (non-hydrogen) atoms. The normalized spacial score (nSPS) is 29.1. The van der Waals surface area contributed by atoms with E-state index < -0.39 is 0 Å². The highest BCUT2D eigenvalue weighted by Crippen LogP contribution is 2.37. The standard InChI is InChI=1S/C14H28N2/c1-2-9-15-11-13-6-5-12(13)4-3-10-16-14-7-8-14/h12-16H,2-11H2,1H3. The summed E-state index contributed by atoms with van der Waals surface area (Å²) >= 11 is 0. The molecule has 2 saturated carbocycles. The van der Waals surface area contributed by atoms with Crippen LogP contribution in [0.5, 0.6) is 0 Å². The monoisotopic (exact) mass is 224 g/mol. The first-order valence-corrected chi connectivity index (χ1v) is 7.34. The maximum Gasteiger partial charge on any atom is 0.00682 e. The maximum absolute atomic E-state index is 3.61. The molecule has 2 fully saturated rings. The number of nitrogens with one attached hydrogen (secondary N) is 2. The average molecular weight is 224 g/mol. The molecule has 0 heterocycles. The van der Waals surface area contributed by atoms with Crippen LogP contribution in [0.15, 0.2) is 0 Å². The Kier molecular flexibility index (Phi) is 5.11. The van der Waals surface area contributed by atoms with E-state index >= 15 is 0 Å². The zero-order valence-electron chi connectivity index (χ0n) is 10.8. The zero-order chi connectivity index (χ0) is 11.2. The largest absolute Gasteiger partial charge is 0.316 e. The minimum atomic E-state index is 0.892. The molecule has 0 aromatic rings. The van der Waals surface area contributed by atoms with Gasteiger partial charge < -0.3 is 10.6 Å². The molecule has 2 aliphatic carbocycles. The Labute approximate surface area is 101 Å². The van der Waals surface area contributed by atoms with Crippen molar-refractivity contribution in [1.82, 2.24) is 10.6 Å². The van der Waals surface area contributed by atoms with Crippen LogP contribution in [0.25, 0.3) is 0 Å². The Balaban J connectivity index is 1.45. The van der Waals surface area contributed by atoms with Gasteiger partial charge in [-0.3, -0.25) is 0 Å². The quantitative estimate of drug-likeness (QED) is 0.588. The molecule has 0 spiro atoms. The molecular weight excluding hydrogens is 196 g/mol. The maximum atomic E-state index is 3.61. The van der Waals surface area contributed by atoms with Gasteiger partial charge in [-0.05, 0) is 76.4 Å². The van der Waals surface area contributed by atoms with Crippen LogP contribution in [0.2, 0.25) is 0 Å². The minimum Gasteiger partial charge on any atom is -0.316 e. The highest BCUT2D eigenvalue weighted by atomic mass is 14.9. The van der Waals surface area contributed by atoms with E-state index in [9.17, 15) is 0 Å². The molecule has 94 valence electrons. The number of hydrogen-bond donors (Lipinski definition) is 2. The molecule has 0 aromatic carbocycles. The molecule has 2 rings (SSSR count). The van der Waals surface area contributed by atoms with Crippen LogP contribution in [0.4, 0.5) is 0 Å². The van der Waals surface area contributed by atoms with Gasteiger partial charge in [-0.25, -0.2) is 0 Å². The molecule has 0 bridgehead atoms. The summed E-state index contributed by atoms with van der Waals surface area (Å²) in [7, 11) is 0. The minimum absolute atomic E-state index is 0.892. The molecular formula is C14H28N2. The fraction of sp³-hybridized carbons (Fsp3) is 1.00. The van der Waals surface area contributed by atoms with E-state index in [0.717, 1.165) is 17.9 Å². The van der Waals surface area contributed by atoms with Crippen molar-refractivity contribution >= 4 is 0 Å². The molecule has 2 N–H and O–H groups in total. The van der Waals surface area contributed by atoms with E-state index in [1.807, 2.05) is 0 Å². The molecule has 0 radical (unpaired) electrons. The van der Waals surface area contributed by atoms with Crippen LogP contribution >= 0.6 is 0 Å². The van der Waals surface area contributed by atoms with Crippen molar-refractivity contribution < 1.29 is 0 Å². The first-order chi connectivity index (χ1) is 7.90. The highest BCUT2D eigenvalue weighted by molar-refractivity contribution is 4.84. The highest BCUT2D eigenvalue weighted by Gasteiger charge is 2.29. The van der Waals surface area contributed by atoms with Crippen molar-refractivity contribution in [2.75, 3.05) is 19.6 Å². The number of rotatable bonds is 9. The van der Waals surface area contributed by atoms with Crippen LogP contribution in [0, 0.1) is 11.8 Å². The lowest BCUT2D eigenvalue weighted by Gasteiger charge is -2.37. The van der Waals surface area contributed by atoms with Crippen LogP contribution in [0.1, 0.15) is 51.9 Å². The molecule has 2 atom stereocenters. The number of hydrogen-bond acceptors (Lipinski definition) is 2. The van der Waals surface area contributed by atoms with Gasteiger partial charge in [-0.15, -0.1) is 0 Å². The van der Waals surface area contributed by atoms with Gasteiger partial charge >= 0.3 is 0 Å². The molecule has 2 heteroatoms. The third kappa shape index (κ3) is 4.06. The summed E-state index contributed by atoms with van der Waals surface area (Å²) in [6.45, 7) is 5.98. The van der Waals surface area contributed by atoms with Crippen LogP contribution in [-0.4, -0.2) is 25.7 Å². The summed E-state index contributed by atoms with van der Waals surface area (Å²) in [6.07, 6.45) is 9.92. The van der Waals surface area contributed by atoms with Gasteiger partial charge in [0.05, 0.1) is 0 Å². The third-order valence-electron chi connectivity index (χ3n) is 4.17. The Morgan fingerprint density at radius 1 is 1.00 bits per heavy atom. The first-order valence-electron chi connectivity index (χ1n) is 7.34. The van der Waals surface area contributed by atoms with Crippen molar-refractivity contribution in [3.05, 3.63) is 0 Å². The zero-order valence-corrected chi connectivity index (χ0v) is 10.8. The topological polar surface area (TPSA) is 24.1 Å². The summed E-state index contributed by atoms with van der Waals surface area (Å²) in [5.41, 5.74) is 0. The Bertz CT molecular complexity index is 189. The van der Waals surface area contributed by atoms with Crippen LogP contribution in [-0.2, 0) is 0 Å². The van der Waals surface area contributed by atoms with E-state index in [-0.39, 0.29) is 0 Å². The molecule has 0 aliphatic heterocycles. The second-order valence-corrected chi connectivity index (χ2v) is 5.67. The predicted molar refractivity (Wildman–Crippen MR) is 69.6 cm³/mol. The first kappa shape index (κ1) is 12.4. The Hall–Kier alpha value is -0.0800. The van der Waals surface area contributed by atoms with E-state index in [2.05, 4.69) is 17.6 Å². The van der Waals surface area contributed by atoms with Gasteiger partial charge in [0.2, 0.25) is 0 Å². The third-order valence-corrected chi connectivity index (χ3v) is 4.17. The Morgan fingerprint density at radius 3 is 2.44 bits per heavy atom. The van der Waals surface area contributed by atoms with Gasteiger partial charge in [-0.1, -0.05) is 6.92 Å². The SMILES string of the molecule is CCCNCC1CCC1CCCNC1CC1. The van der Waals surface area contributed by atoms with Gasteiger partial charge in [0.1, 0.15) is 0 Å². The van der Waals surface area contributed by atoms with E-state index in [1.54, 1.807) is 0 Å². The Morgan fingerprint density at radius 2 is 1.81 bits per heavy atom. The van der Waals surface area contributed by atoms with Crippen LogP contribution in [0.3, 0.4) is 0 Å². The van der Waals surface area contributed by atoms with Gasteiger partial charge in [0.25, 0.3) is 0 Å². The summed E-state index contributed by atoms with van der Waals surface area (Å²) in [5.74, 6) is 2.03. The molecule has 2 nitrogen and oxygen atoms in total. The fourth-order valence-electron chi connectivity index (χ4n) is 2.71. The van der Waals surface area contributed by atoms with Crippen molar-refractivity contribution in [3.63, 3.8) is 0 Å². The molecule has 2 unspecified atom stereocenters. The molecule has 2 aliphatic rings. The lowest BCUT2D eigenvalue weighted by molar-refractivity contribution is 0.157. The lowest BCUT2D eigenvalue weighted by atomic mass is 9.71. The molecule has 0 amide bonds. The van der Waals surface area contributed by atoms with E-state index in [0.29, 0.717) is 0 Å². The summed E-state index contributed by atoms with van der Waals surface area (Å²) in [4.78, 5) is 0. The molecule has 0 aromatic heterocycles. The summed E-state index contributed by atoms with van der Waals surface area (Å²) in [5, 5.41) is 7.18. The second-order valence-electron chi connectivity index (χ2n) is 5.67. The van der Waals surface area contributed by atoms with Gasteiger partial charge in [-0.2, -0.15) is 0 Å². The lowest BCUT2D eigenvalue weighted by Crippen LogP contribution is -2.36. The van der Waals surface area contributed by atoms with Crippen LogP contribution < -0.4 is 10.6 Å². The fourth-order valence-corrected chi connectivity index (χ4v) is 2.71. The second kappa shape index (κ2) is 6.61. The van der Waals surface area contributed by atoms with Gasteiger partial charge in [0, 0.05) is 6.04 Å². The van der Waals surface area contributed by atoms with E-state index in [4.69, 9.17) is 0 Å².